The quantitative estimate of drug-likeness (QED) is 0.563. The number of ether oxygens (including phenoxy) is 1. The average Bonchev–Trinajstić information content (AvgIpc) is 2.97. The van der Waals surface area contributed by atoms with Crippen molar-refractivity contribution in [3.8, 4) is 0 Å². The Morgan fingerprint density at radius 1 is 1.42 bits per heavy atom. The minimum Gasteiger partial charge on any atom is -0.463 e. The zero-order chi connectivity index (χ0) is 16.9. The van der Waals surface area contributed by atoms with Gasteiger partial charge >= 0.3 is 5.97 Å². The Labute approximate surface area is 141 Å². The number of benzene rings is 1. The van der Waals surface area contributed by atoms with Crippen molar-refractivity contribution in [2.24, 2.45) is 0 Å². The van der Waals surface area contributed by atoms with Crippen LogP contribution in [-0.2, 0) is 16.0 Å². The molecule has 0 unspecified atom stereocenters. The fourth-order valence-electron chi connectivity index (χ4n) is 3.42. The number of H-pyrrole nitrogens is 1. The molecule has 128 valence electrons. The molecule has 0 saturated heterocycles. The molecule has 1 aliphatic rings. The van der Waals surface area contributed by atoms with Crippen molar-refractivity contribution >= 4 is 16.9 Å². The average molecular weight is 328 g/mol. The summed E-state index contributed by atoms with van der Waals surface area (Å²) in [5.74, 6) is -0.324. The third kappa shape index (κ3) is 3.37. The molecule has 1 aliphatic heterocycles. The molecule has 2 aromatic rings. The first-order valence-electron chi connectivity index (χ1n) is 8.55. The lowest BCUT2D eigenvalue weighted by Crippen LogP contribution is -2.31. The van der Waals surface area contributed by atoms with Gasteiger partial charge in [0.15, 0.2) is 0 Å². The van der Waals surface area contributed by atoms with Crippen molar-refractivity contribution in [1.29, 1.82) is 0 Å². The monoisotopic (exact) mass is 328 g/mol. The summed E-state index contributed by atoms with van der Waals surface area (Å²) in [4.78, 5) is 15.5. The fourth-order valence-corrected chi connectivity index (χ4v) is 3.42. The van der Waals surface area contributed by atoms with E-state index in [9.17, 15) is 9.90 Å². The number of aromatic nitrogens is 1. The van der Waals surface area contributed by atoms with Crippen LogP contribution in [0.5, 0.6) is 0 Å². The predicted octanol–water partition coefficient (Wildman–Crippen LogP) is 2.62. The van der Waals surface area contributed by atoms with Crippen molar-refractivity contribution in [3.05, 3.63) is 47.2 Å². The normalized spacial score (nSPS) is 17.8. The van der Waals surface area contributed by atoms with Crippen LogP contribution in [0, 0.1) is 0 Å². The van der Waals surface area contributed by atoms with Gasteiger partial charge in [-0.05, 0) is 43.4 Å². The third-order valence-electron chi connectivity index (χ3n) is 4.44. The number of esters is 1. The Morgan fingerprint density at radius 2 is 2.25 bits per heavy atom. The number of aliphatic hydroxyl groups is 1. The van der Waals surface area contributed by atoms with Crippen molar-refractivity contribution in [3.63, 3.8) is 0 Å². The van der Waals surface area contributed by atoms with Crippen LogP contribution < -0.4 is 5.32 Å². The second-order valence-electron chi connectivity index (χ2n) is 6.00. The highest BCUT2D eigenvalue weighted by atomic mass is 16.5. The lowest BCUT2D eigenvalue weighted by molar-refractivity contribution is -0.137. The number of hydrogen-bond donors (Lipinski definition) is 3. The molecule has 2 heterocycles. The van der Waals surface area contributed by atoms with E-state index in [-0.39, 0.29) is 18.6 Å². The van der Waals surface area contributed by atoms with E-state index in [0.717, 1.165) is 29.7 Å². The van der Waals surface area contributed by atoms with Crippen LogP contribution in [0.1, 0.15) is 37.1 Å². The van der Waals surface area contributed by atoms with Crippen LogP contribution in [0.25, 0.3) is 10.9 Å². The maximum atomic E-state index is 11.9. The van der Waals surface area contributed by atoms with Gasteiger partial charge in [0, 0.05) is 35.8 Å². The Hall–Kier alpha value is -2.11. The number of carbonyl (C=O) groups is 1. The first-order valence-corrected chi connectivity index (χ1v) is 8.55. The van der Waals surface area contributed by atoms with E-state index in [0.29, 0.717) is 19.4 Å². The van der Waals surface area contributed by atoms with Crippen LogP contribution in [0.3, 0.4) is 0 Å². The standard InChI is InChI=1S/C19H24N2O3/c1-2-24-17(23)12-13(6-5-11-22)18-19-15(9-10-20-18)14-7-3-4-8-16(14)21-19/h3-4,7-8,12,18,20-22H,2,5-6,9-11H2,1H3/b13-12+/t18-/m0/s1. The largest absolute Gasteiger partial charge is 0.463 e. The van der Waals surface area contributed by atoms with Gasteiger partial charge in [0.1, 0.15) is 0 Å². The van der Waals surface area contributed by atoms with Crippen LogP contribution in [-0.4, -0.2) is 35.8 Å². The summed E-state index contributed by atoms with van der Waals surface area (Å²) in [6.07, 6.45) is 3.82. The molecule has 0 aliphatic carbocycles. The van der Waals surface area contributed by atoms with Gasteiger partial charge in [-0.1, -0.05) is 18.2 Å². The lowest BCUT2D eigenvalue weighted by atomic mass is 9.91. The highest BCUT2D eigenvalue weighted by Crippen LogP contribution is 2.34. The molecule has 3 rings (SSSR count). The molecule has 0 saturated carbocycles. The first-order chi connectivity index (χ1) is 11.7. The fraction of sp³-hybridized carbons (Fsp3) is 0.421. The van der Waals surface area contributed by atoms with E-state index >= 15 is 0 Å². The van der Waals surface area contributed by atoms with E-state index < -0.39 is 0 Å². The second kappa shape index (κ2) is 7.64. The molecule has 0 amide bonds. The topological polar surface area (TPSA) is 74.3 Å². The lowest BCUT2D eigenvalue weighted by Gasteiger charge is -2.27. The van der Waals surface area contributed by atoms with Crippen molar-refractivity contribution in [1.82, 2.24) is 10.3 Å². The molecule has 5 heteroatoms. The summed E-state index contributed by atoms with van der Waals surface area (Å²) in [7, 11) is 0. The first kappa shape index (κ1) is 16.7. The number of hydrogen-bond acceptors (Lipinski definition) is 4. The Bertz CT molecular complexity index is 748. The third-order valence-corrected chi connectivity index (χ3v) is 4.44. The van der Waals surface area contributed by atoms with Crippen LogP contribution in [0.4, 0.5) is 0 Å². The molecular weight excluding hydrogens is 304 g/mol. The molecule has 0 bridgehead atoms. The second-order valence-corrected chi connectivity index (χ2v) is 6.00. The molecule has 24 heavy (non-hydrogen) atoms. The van der Waals surface area contributed by atoms with Crippen molar-refractivity contribution in [2.75, 3.05) is 19.8 Å². The van der Waals surface area contributed by atoms with Gasteiger partial charge in [0.2, 0.25) is 0 Å². The Balaban J connectivity index is 1.99. The van der Waals surface area contributed by atoms with Gasteiger partial charge < -0.3 is 20.1 Å². The van der Waals surface area contributed by atoms with Crippen molar-refractivity contribution < 1.29 is 14.6 Å². The van der Waals surface area contributed by atoms with Crippen LogP contribution >= 0.6 is 0 Å². The summed E-state index contributed by atoms with van der Waals surface area (Å²) < 4.78 is 5.07. The summed E-state index contributed by atoms with van der Waals surface area (Å²) >= 11 is 0. The summed E-state index contributed by atoms with van der Waals surface area (Å²) in [6.45, 7) is 3.12. The zero-order valence-electron chi connectivity index (χ0n) is 14.0. The maximum absolute atomic E-state index is 11.9. The van der Waals surface area contributed by atoms with Crippen LogP contribution in [0.2, 0.25) is 0 Å². The van der Waals surface area contributed by atoms with Gasteiger partial charge in [0.25, 0.3) is 0 Å². The van der Waals surface area contributed by atoms with Crippen molar-refractivity contribution in [2.45, 2.75) is 32.2 Å². The van der Waals surface area contributed by atoms with E-state index in [4.69, 9.17) is 4.74 Å². The predicted molar refractivity (Wildman–Crippen MR) is 93.8 cm³/mol. The van der Waals surface area contributed by atoms with Gasteiger partial charge in [-0.15, -0.1) is 0 Å². The zero-order valence-corrected chi connectivity index (χ0v) is 14.0. The van der Waals surface area contributed by atoms with Crippen LogP contribution in [0.15, 0.2) is 35.9 Å². The SMILES string of the molecule is CCOC(=O)/C=C(\CCCO)[C@@H]1NCCc2c1[nH]c1ccccc21. The Morgan fingerprint density at radius 3 is 3.04 bits per heavy atom. The smallest absolute Gasteiger partial charge is 0.330 e. The molecule has 0 radical (unpaired) electrons. The van der Waals surface area contributed by atoms with E-state index in [1.807, 2.05) is 6.07 Å². The molecule has 1 aromatic heterocycles. The Kier molecular flexibility index (Phi) is 5.33. The number of aromatic amines is 1. The summed E-state index contributed by atoms with van der Waals surface area (Å²) in [5.41, 5.74) is 4.51. The van der Waals surface area contributed by atoms with Gasteiger partial charge in [0.05, 0.1) is 12.6 Å². The number of aliphatic hydroxyl groups excluding tert-OH is 1. The minimum atomic E-state index is -0.324. The van der Waals surface area contributed by atoms with Gasteiger partial charge in [-0.3, -0.25) is 0 Å². The minimum absolute atomic E-state index is 0.0443. The summed E-state index contributed by atoms with van der Waals surface area (Å²) in [5, 5.41) is 13.9. The van der Waals surface area contributed by atoms with Gasteiger partial charge in [-0.25, -0.2) is 4.79 Å². The molecule has 1 atom stereocenters. The van der Waals surface area contributed by atoms with E-state index in [1.54, 1.807) is 13.0 Å². The number of rotatable bonds is 6. The molecule has 0 spiro atoms. The number of para-hydroxylation sites is 1. The molecule has 3 N–H and O–H groups in total. The molecule has 0 fully saturated rings. The molecular formula is C19H24N2O3. The number of carbonyl (C=O) groups excluding carboxylic acids is 1. The number of fused-ring (bicyclic) bond motifs is 3. The summed E-state index contributed by atoms with van der Waals surface area (Å²) in [6, 6.07) is 8.24. The maximum Gasteiger partial charge on any atom is 0.330 e. The molecule has 1 aromatic carbocycles. The molecule has 5 nitrogen and oxygen atoms in total. The van der Waals surface area contributed by atoms with E-state index in [1.165, 1.54) is 10.9 Å². The highest BCUT2D eigenvalue weighted by molar-refractivity contribution is 5.86. The highest BCUT2D eigenvalue weighted by Gasteiger charge is 2.26. The van der Waals surface area contributed by atoms with E-state index in [2.05, 4.69) is 28.5 Å². The number of nitrogens with one attached hydrogen (secondary N) is 2. The van der Waals surface area contributed by atoms with Gasteiger partial charge in [-0.2, -0.15) is 0 Å².